The lowest BCUT2D eigenvalue weighted by atomic mass is 10.1. The summed E-state index contributed by atoms with van der Waals surface area (Å²) < 4.78 is 0. The monoisotopic (exact) mass is 230 g/mol. The summed E-state index contributed by atoms with van der Waals surface area (Å²) in [5.74, 6) is 0.926. The molecule has 4 heteroatoms. The lowest BCUT2D eigenvalue weighted by molar-refractivity contribution is 0.213. The second kappa shape index (κ2) is 5.15. The molecular formula is C13H18N4. The fourth-order valence-electron chi connectivity index (χ4n) is 2.26. The van der Waals surface area contributed by atoms with Crippen molar-refractivity contribution in [3.8, 4) is 6.07 Å². The third-order valence-corrected chi connectivity index (χ3v) is 3.42. The summed E-state index contributed by atoms with van der Waals surface area (Å²) >= 11 is 0. The van der Waals surface area contributed by atoms with Crippen molar-refractivity contribution in [2.24, 2.45) is 0 Å². The molecule has 0 N–H and O–H groups in total. The van der Waals surface area contributed by atoms with Crippen molar-refractivity contribution in [2.75, 3.05) is 31.6 Å². The van der Waals surface area contributed by atoms with Crippen LogP contribution in [0.25, 0.3) is 0 Å². The fourth-order valence-corrected chi connectivity index (χ4v) is 2.26. The highest BCUT2D eigenvalue weighted by Crippen LogP contribution is 2.17. The minimum atomic E-state index is 0.495. The first-order chi connectivity index (χ1) is 8.24. The lowest BCUT2D eigenvalue weighted by Gasteiger charge is -2.39. The second-order valence-electron chi connectivity index (χ2n) is 4.48. The van der Waals surface area contributed by atoms with Crippen molar-refractivity contribution in [1.82, 2.24) is 9.88 Å². The van der Waals surface area contributed by atoms with Crippen molar-refractivity contribution in [1.29, 1.82) is 5.26 Å². The molecule has 2 heterocycles. The average molecular weight is 230 g/mol. The Bertz CT molecular complexity index is 424. The number of nitrogens with zero attached hydrogens (tertiary/aromatic N) is 4. The van der Waals surface area contributed by atoms with E-state index in [4.69, 9.17) is 5.26 Å². The molecule has 1 unspecified atom stereocenters. The van der Waals surface area contributed by atoms with Crippen molar-refractivity contribution in [2.45, 2.75) is 19.4 Å². The Morgan fingerprint density at radius 1 is 1.47 bits per heavy atom. The van der Waals surface area contributed by atoms with Gasteiger partial charge in [0.25, 0.3) is 0 Å². The van der Waals surface area contributed by atoms with Gasteiger partial charge in [-0.1, -0.05) is 13.0 Å². The molecule has 1 fully saturated rings. The maximum Gasteiger partial charge on any atom is 0.142 e. The maximum absolute atomic E-state index is 8.86. The van der Waals surface area contributed by atoms with Crippen LogP contribution in [0.1, 0.15) is 19.0 Å². The topological polar surface area (TPSA) is 43.2 Å². The molecule has 0 amide bonds. The highest BCUT2D eigenvalue weighted by molar-refractivity contribution is 5.42. The summed E-state index contributed by atoms with van der Waals surface area (Å²) in [6, 6.07) is 8.31. The van der Waals surface area contributed by atoms with Gasteiger partial charge in [0.2, 0.25) is 0 Å². The van der Waals surface area contributed by atoms with Crippen molar-refractivity contribution < 1.29 is 0 Å². The molecule has 17 heavy (non-hydrogen) atoms. The SMILES string of the molecule is CCC1CN(c2cccc(C#N)n2)CCN1C. The molecule has 2 rings (SSSR count). The Kier molecular flexibility index (Phi) is 3.60. The standard InChI is InChI=1S/C13H18N4/c1-3-12-10-17(8-7-16(12)2)13-6-4-5-11(9-14)15-13/h4-6,12H,3,7-8,10H2,1-2H3. The van der Waals surface area contributed by atoms with Gasteiger partial charge in [0, 0.05) is 25.7 Å². The molecule has 4 nitrogen and oxygen atoms in total. The number of pyridine rings is 1. The molecule has 0 spiro atoms. The van der Waals surface area contributed by atoms with Crippen LogP contribution < -0.4 is 4.90 Å². The number of rotatable bonds is 2. The third kappa shape index (κ3) is 2.56. The summed E-state index contributed by atoms with van der Waals surface area (Å²) in [6.45, 7) is 5.24. The number of hydrogen-bond acceptors (Lipinski definition) is 4. The molecule has 0 aromatic carbocycles. The highest BCUT2D eigenvalue weighted by atomic mass is 15.3. The van der Waals surface area contributed by atoms with Gasteiger partial charge in [-0.25, -0.2) is 4.98 Å². The Morgan fingerprint density at radius 3 is 3.00 bits per heavy atom. The van der Waals surface area contributed by atoms with Crippen LogP contribution in [0, 0.1) is 11.3 Å². The third-order valence-electron chi connectivity index (χ3n) is 3.42. The van der Waals surface area contributed by atoms with E-state index in [0.29, 0.717) is 11.7 Å². The molecule has 1 saturated heterocycles. The largest absolute Gasteiger partial charge is 0.354 e. The van der Waals surface area contributed by atoms with Crippen LogP contribution in [-0.4, -0.2) is 42.6 Å². The number of likely N-dealkylation sites (N-methyl/N-ethyl adjacent to an activating group) is 1. The Labute approximate surface area is 102 Å². The highest BCUT2D eigenvalue weighted by Gasteiger charge is 2.23. The van der Waals surface area contributed by atoms with Gasteiger partial charge in [-0.05, 0) is 25.6 Å². The summed E-state index contributed by atoms with van der Waals surface area (Å²) in [5.41, 5.74) is 0.495. The van der Waals surface area contributed by atoms with E-state index in [0.717, 1.165) is 31.9 Å². The molecule has 0 bridgehead atoms. The predicted molar refractivity (Wildman–Crippen MR) is 67.9 cm³/mol. The Morgan fingerprint density at radius 2 is 2.29 bits per heavy atom. The molecule has 0 aliphatic carbocycles. The van der Waals surface area contributed by atoms with E-state index < -0.39 is 0 Å². The normalized spacial score (nSPS) is 21.2. The zero-order chi connectivity index (χ0) is 12.3. The van der Waals surface area contributed by atoms with E-state index in [1.54, 1.807) is 6.07 Å². The van der Waals surface area contributed by atoms with E-state index in [2.05, 4.69) is 34.8 Å². The lowest BCUT2D eigenvalue weighted by Crippen LogP contribution is -2.51. The van der Waals surface area contributed by atoms with Crippen LogP contribution in [0.4, 0.5) is 5.82 Å². The van der Waals surface area contributed by atoms with Crippen LogP contribution >= 0.6 is 0 Å². The van der Waals surface area contributed by atoms with Crippen LogP contribution in [0.2, 0.25) is 0 Å². The minimum Gasteiger partial charge on any atom is -0.354 e. The first-order valence-corrected chi connectivity index (χ1v) is 6.07. The molecule has 1 aromatic heterocycles. The van der Waals surface area contributed by atoms with Gasteiger partial charge in [-0.3, -0.25) is 4.90 Å². The molecular weight excluding hydrogens is 212 g/mol. The van der Waals surface area contributed by atoms with Crippen molar-refractivity contribution >= 4 is 5.82 Å². The number of piperazine rings is 1. The molecule has 0 saturated carbocycles. The van der Waals surface area contributed by atoms with Crippen LogP contribution in [0.3, 0.4) is 0 Å². The zero-order valence-electron chi connectivity index (χ0n) is 10.4. The molecule has 1 aromatic rings. The van der Waals surface area contributed by atoms with Gasteiger partial charge in [-0.2, -0.15) is 5.26 Å². The van der Waals surface area contributed by atoms with E-state index in [-0.39, 0.29) is 0 Å². The van der Waals surface area contributed by atoms with Crippen LogP contribution in [0.15, 0.2) is 18.2 Å². The number of aromatic nitrogens is 1. The summed E-state index contributed by atoms with van der Waals surface area (Å²) in [5, 5.41) is 8.86. The molecule has 1 atom stereocenters. The number of anilines is 1. The summed E-state index contributed by atoms with van der Waals surface area (Å²) in [4.78, 5) is 9.02. The maximum atomic E-state index is 8.86. The van der Waals surface area contributed by atoms with E-state index in [1.807, 2.05) is 12.1 Å². The van der Waals surface area contributed by atoms with Crippen LogP contribution in [-0.2, 0) is 0 Å². The summed E-state index contributed by atoms with van der Waals surface area (Å²) in [6.07, 6.45) is 1.14. The molecule has 90 valence electrons. The minimum absolute atomic E-state index is 0.495. The fraction of sp³-hybridized carbons (Fsp3) is 0.538. The van der Waals surface area contributed by atoms with Gasteiger partial charge in [-0.15, -0.1) is 0 Å². The van der Waals surface area contributed by atoms with Gasteiger partial charge < -0.3 is 4.90 Å². The van der Waals surface area contributed by atoms with Gasteiger partial charge in [0.1, 0.15) is 17.6 Å². The second-order valence-corrected chi connectivity index (χ2v) is 4.48. The van der Waals surface area contributed by atoms with E-state index in [1.165, 1.54) is 0 Å². The smallest absolute Gasteiger partial charge is 0.142 e. The first kappa shape index (κ1) is 11.9. The molecule has 1 aliphatic heterocycles. The van der Waals surface area contributed by atoms with E-state index >= 15 is 0 Å². The quantitative estimate of drug-likeness (QED) is 0.772. The number of hydrogen-bond donors (Lipinski definition) is 0. The summed E-state index contributed by atoms with van der Waals surface area (Å²) in [7, 11) is 2.17. The number of nitriles is 1. The Hall–Kier alpha value is -1.60. The molecule has 1 aliphatic rings. The first-order valence-electron chi connectivity index (χ1n) is 6.07. The molecule has 0 radical (unpaired) electrons. The Balaban J connectivity index is 2.15. The average Bonchev–Trinajstić information content (AvgIpc) is 2.39. The van der Waals surface area contributed by atoms with E-state index in [9.17, 15) is 0 Å². The predicted octanol–water partition coefficient (Wildman–Crippen LogP) is 1.48. The van der Waals surface area contributed by atoms with Crippen LogP contribution in [0.5, 0.6) is 0 Å². The van der Waals surface area contributed by atoms with Crippen molar-refractivity contribution in [3.63, 3.8) is 0 Å². The van der Waals surface area contributed by atoms with Gasteiger partial charge >= 0.3 is 0 Å². The van der Waals surface area contributed by atoms with Crippen molar-refractivity contribution in [3.05, 3.63) is 23.9 Å². The zero-order valence-corrected chi connectivity index (χ0v) is 10.4. The van der Waals surface area contributed by atoms with Gasteiger partial charge in [0.15, 0.2) is 0 Å². The van der Waals surface area contributed by atoms with Gasteiger partial charge in [0.05, 0.1) is 0 Å².